The van der Waals surface area contributed by atoms with Crippen LogP contribution in [0.4, 0.5) is 0 Å². The Morgan fingerprint density at radius 3 is 2.40 bits per heavy atom. The van der Waals surface area contributed by atoms with Gasteiger partial charge in [-0.1, -0.05) is 74.8 Å². The van der Waals surface area contributed by atoms with Crippen molar-refractivity contribution in [2.75, 3.05) is 7.11 Å². The fraction of sp³-hybridized carbons (Fsp3) is 0.571. The Bertz CT molecular complexity index is 422. The molecule has 0 radical (unpaired) electrons. The van der Waals surface area contributed by atoms with Crippen LogP contribution >= 0.6 is 0 Å². The van der Waals surface area contributed by atoms with Gasteiger partial charge in [-0.15, -0.1) is 0 Å². The van der Waals surface area contributed by atoms with Gasteiger partial charge >= 0.3 is 5.97 Å². The van der Waals surface area contributed by atoms with Gasteiger partial charge in [0, 0.05) is 6.42 Å². The van der Waals surface area contributed by atoms with E-state index < -0.39 is 0 Å². The van der Waals surface area contributed by atoms with Crippen molar-refractivity contribution in [3.8, 4) is 0 Å². The highest BCUT2D eigenvalue weighted by atomic mass is 17.1. The van der Waals surface area contributed by atoms with Crippen molar-refractivity contribution < 1.29 is 19.7 Å². The molecule has 0 heterocycles. The lowest BCUT2D eigenvalue weighted by Gasteiger charge is -2.07. The second-order valence-electron chi connectivity index (χ2n) is 5.84. The highest BCUT2D eigenvalue weighted by Gasteiger charge is 2.02. The van der Waals surface area contributed by atoms with Crippen molar-refractivity contribution in [2.45, 2.75) is 70.8 Å². The molecule has 4 nitrogen and oxygen atoms in total. The van der Waals surface area contributed by atoms with Crippen LogP contribution in [0.5, 0.6) is 0 Å². The van der Waals surface area contributed by atoms with Gasteiger partial charge in [0.15, 0.2) is 0 Å². The maximum Gasteiger partial charge on any atom is 0.305 e. The first kappa shape index (κ1) is 23.4. The lowest BCUT2D eigenvalue weighted by molar-refractivity contribution is -0.267. The summed E-state index contributed by atoms with van der Waals surface area (Å²) in [4.78, 5) is 15.4. The van der Waals surface area contributed by atoms with E-state index in [1.165, 1.54) is 7.11 Å². The van der Waals surface area contributed by atoms with Gasteiger partial charge in [-0.25, -0.2) is 4.89 Å². The molecular formula is C21H34O4. The van der Waals surface area contributed by atoms with Crippen molar-refractivity contribution >= 4 is 5.97 Å². The van der Waals surface area contributed by atoms with E-state index in [1.54, 1.807) is 0 Å². The molecule has 0 saturated carbocycles. The van der Waals surface area contributed by atoms with Crippen LogP contribution < -0.4 is 0 Å². The van der Waals surface area contributed by atoms with Crippen molar-refractivity contribution in [3.05, 3.63) is 48.6 Å². The van der Waals surface area contributed by atoms with Crippen LogP contribution in [-0.4, -0.2) is 24.4 Å². The number of unbranched alkanes of at least 4 members (excludes halogenated alkanes) is 3. The number of allylic oxidation sites excluding steroid dienone is 7. The third kappa shape index (κ3) is 17.0. The SMILES string of the molecule is CCCCC[C@H](/C=C/C=C\C/C=C\C/C=C\CCCC(=O)OC)OO. The molecule has 0 aliphatic heterocycles. The van der Waals surface area contributed by atoms with Gasteiger partial charge in [0.05, 0.1) is 7.11 Å². The summed E-state index contributed by atoms with van der Waals surface area (Å²) < 4.78 is 4.59. The van der Waals surface area contributed by atoms with Crippen LogP contribution in [0.2, 0.25) is 0 Å². The van der Waals surface area contributed by atoms with Gasteiger partial charge in [-0.05, 0) is 32.1 Å². The highest BCUT2D eigenvalue weighted by Crippen LogP contribution is 2.07. The van der Waals surface area contributed by atoms with E-state index >= 15 is 0 Å². The molecule has 0 aliphatic carbocycles. The second kappa shape index (κ2) is 18.7. The van der Waals surface area contributed by atoms with E-state index in [2.05, 4.69) is 46.9 Å². The number of carbonyl (C=O) groups is 1. The summed E-state index contributed by atoms with van der Waals surface area (Å²) in [5.41, 5.74) is 0. The summed E-state index contributed by atoms with van der Waals surface area (Å²) in [5.74, 6) is -0.146. The molecule has 0 aromatic heterocycles. The molecule has 25 heavy (non-hydrogen) atoms. The Hall–Kier alpha value is -1.65. The zero-order chi connectivity index (χ0) is 18.6. The van der Waals surface area contributed by atoms with E-state index in [1.807, 2.05) is 18.2 Å². The summed E-state index contributed by atoms with van der Waals surface area (Å²) in [6.45, 7) is 2.15. The zero-order valence-corrected chi connectivity index (χ0v) is 15.7. The van der Waals surface area contributed by atoms with E-state index in [-0.39, 0.29) is 12.1 Å². The summed E-state index contributed by atoms with van der Waals surface area (Å²) in [6.07, 6.45) is 24.3. The molecule has 0 aromatic carbocycles. The van der Waals surface area contributed by atoms with Crippen LogP contribution in [0, 0.1) is 0 Å². The van der Waals surface area contributed by atoms with E-state index in [0.29, 0.717) is 6.42 Å². The number of esters is 1. The molecule has 0 rings (SSSR count). The van der Waals surface area contributed by atoms with Gasteiger partial charge in [-0.3, -0.25) is 10.1 Å². The average molecular weight is 350 g/mol. The Kier molecular flexibility index (Phi) is 17.5. The standard InChI is InChI=1S/C21H34O4/c1-3-4-14-17-20(25-23)18-15-12-10-8-6-5-7-9-11-13-16-19-21(22)24-2/h5-6,9-12,15,18,20,23H,3-4,7-8,13-14,16-17,19H2,1-2H3/b6-5-,11-9-,12-10-,18-15+/t20-/m1/s1. The number of rotatable bonds is 15. The molecule has 0 bridgehead atoms. The minimum Gasteiger partial charge on any atom is -0.469 e. The number of carbonyl (C=O) groups excluding carboxylic acids is 1. The predicted octanol–water partition coefficient (Wildman–Crippen LogP) is 5.77. The molecule has 0 amide bonds. The molecule has 1 atom stereocenters. The predicted molar refractivity (Wildman–Crippen MR) is 103 cm³/mol. The number of ether oxygens (including phenoxy) is 1. The number of hydrogen-bond acceptors (Lipinski definition) is 4. The zero-order valence-electron chi connectivity index (χ0n) is 15.7. The fourth-order valence-corrected chi connectivity index (χ4v) is 2.15. The monoisotopic (exact) mass is 350 g/mol. The minimum atomic E-state index is -0.212. The minimum absolute atomic E-state index is 0.146. The van der Waals surface area contributed by atoms with Crippen LogP contribution in [-0.2, 0) is 14.4 Å². The molecule has 0 aromatic rings. The fourth-order valence-electron chi connectivity index (χ4n) is 2.15. The normalized spacial score (nSPS) is 13.6. The van der Waals surface area contributed by atoms with Crippen molar-refractivity contribution in [1.29, 1.82) is 0 Å². The van der Waals surface area contributed by atoms with Crippen LogP contribution in [0.15, 0.2) is 48.6 Å². The Morgan fingerprint density at radius 1 is 1.00 bits per heavy atom. The van der Waals surface area contributed by atoms with Crippen LogP contribution in [0.3, 0.4) is 0 Å². The van der Waals surface area contributed by atoms with Gasteiger partial charge < -0.3 is 4.74 Å². The summed E-state index contributed by atoms with van der Waals surface area (Å²) >= 11 is 0. The highest BCUT2D eigenvalue weighted by molar-refractivity contribution is 5.69. The van der Waals surface area contributed by atoms with Crippen molar-refractivity contribution in [2.24, 2.45) is 0 Å². The Morgan fingerprint density at radius 2 is 1.72 bits per heavy atom. The van der Waals surface area contributed by atoms with Crippen LogP contribution in [0.25, 0.3) is 0 Å². The molecule has 0 spiro atoms. The number of methoxy groups -OCH3 is 1. The number of hydrogen-bond donors (Lipinski definition) is 1. The molecule has 142 valence electrons. The van der Waals surface area contributed by atoms with Crippen molar-refractivity contribution in [3.63, 3.8) is 0 Å². The van der Waals surface area contributed by atoms with Gasteiger partial charge in [-0.2, -0.15) is 0 Å². The Labute approximate surface area is 152 Å². The van der Waals surface area contributed by atoms with E-state index in [9.17, 15) is 4.79 Å². The summed E-state index contributed by atoms with van der Waals surface area (Å²) in [5, 5.41) is 8.83. The first-order valence-corrected chi connectivity index (χ1v) is 9.24. The molecular weight excluding hydrogens is 316 g/mol. The summed E-state index contributed by atoms with van der Waals surface area (Å²) in [6, 6.07) is 0. The van der Waals surface area contributed by atoms with Gasteiger partial charge in [0.25, 0.3) is 0 Å². The first-order valence-electron chi connectivity index (χ1n) is 9.24. The van der Waals surface area contributed by atoms with Gasteiger partial charge in [0.1, 0.15) is 6.10 Å². The average Bonchev–Trinajstić information content (AvgIpc) is 2.63. The topological polar surface area (TPSA) is 55.8 Å². The maximum absolute atomic E-state index is 10.9. The van der Waals surface area contributed by atoms with Crippen LogP contribution in [0.1, 0.15) is 64.7 Å². The molecule has 0 aliphatic rings. The Balaban J connectivity index is 3.70. The lowest BCUT2D eigenvalue weighted by Crippen LogP contribution is -2.06. The van der Waals surface area contributed by atoms with Gasteiger partial charge in [0.2, 0.25) is 0 Å². The molecule has 0 fully saturated rings. The smallest absolute Gasteiger partial charge is 0.305 e. The molecule has 0 saturated heterocycles. The quantitative estimate of drug-likeness (QED) is 0.102. The second-order valence-corrected chi connectivity index (χ2v) is 5.84. The van der Waals surface area contributed by atoms with Crippen molar-refractivity contribution in [1.82, 2.24) is 0 Å². The summed E-state index contributed by atoms with van der Waals surface area (Å²) in [7, 11) is 1.42. The first-order chi connectivity index (χ1) is 12.2. The molecule has 0 unspecified atom stereocenters. The maximum atomic E-state index is 10.9. The van der Waals surface area contributed by atoms with E-state index in [4.69, 9.17) is 5.26 Å². The lowest BCUT2D eigenvalue weighted by atomic mass is 10.1. The van der Waals surface area contributed by atoms with E-state index in [0.717, 1.165) is 51.4 Å². The molecule has 1 N–H and O–H groups in total. The largest absolute Gasteiger partial charge is 0.469 e. The third-order valence-electron chi connectivity index (χ3n) is 3.66. The molecule has 4 heteroatoms. The third-order valence-corrected chi connectivity index (χ3v) is 3.66.